The third-order valence-corrected chi connectivity index (χ3v) is 3.97. The van der Waals surface area contributed by atoms with Gasteiger partial charge >= 0.3 is 0 Å². The molecule has 6 heteroatoms. The first-order valence-corrected chi connectivity index (χ1v) is 7.07. The SMILES string of the molecule is C[C@H](C(=O)Nc1ccc(F)cc1)N1CCC(C(N)=O)CC1. The number of hydrogen-bond acceptors (Lipinski definition) is 3. The van der Waals surface area contributed by atoms with Gasteiger partial charge in [0.05, 0.1) is 6.04 Å². The van der Waals surface area contributed by atoms with Crippen LogP contribution in [0.15, 0.2) is 24.3 Å². The van der Waals surface area contributed by atoms with Gasteiger partial charge in [-0.2, -0.15) is 0 Å². The van der Waals surface area contributed by atoms with E-state index in [2.05, 4.69) is 5.32 Å². The van der Waals surface area contributed by atoms with Crippen LogP contribution in [0.1, 0.15) is 19.8 Å². The summed E-state index contributed by atoms with van der Waals surface area (Å²) < 4.78 is 12.8. The topological polar surface area (TPSA) is 75.4 Å². The average Bonchev–Trinajstić information content (AvgIpc) is 2.49. The molecule has 2 amide bonds. The predicted molar refractivity (Wildman–Crippen MR) is 78.0 cm³/mol. The lowest BCUT2D eigenvalue weighted by Gasteiger charge is -2.34. The van der Waals surface area contributed by atoms with Crippen molar-refractivity contribution < 1.29 is 14.0 Å². The van der Waals surface area contributed by atoms with Crippen LogP contribution in [0.25, 0.3) is 0 Å². The zero-order valence-electron chi connectivity index (χ0n) is 12.0. The van der Waals surface area contributed by atoms with E-state index in [4.69, 9.17) is 5.73 Å². The molecule has 1 heterocycles. The maximum atomic E-state index is 12.8. The van der Waals surface area contributed by atoms with Gasteiger partial charge in [-0.05, 0) is 57.1 Å². The molecule has 1 fully saturated rings. The molecule has 0 saturated carbocycles. The van der Waals surface area contributed by atoms with Crippen molar-refractivity contribution in [2.24, 2.45) is 11.7 Å². The van der Waals surface area contributed by atoms with Crippen LogP contribution in [-0.2, 0) is 9.59 Å². The lowest BCUT2D eigenvalue weighted by atomic mass is 9.95. The molecule has 0 aliphatic carbocycles. The Morgan fingerprint density at radius 1 is 1.29 bits per heavy atom. The first-order valence-electron chi connectivity index (χ1n) is 7.07. The Bertz CT molecular complexity index is 510. The van der Waals surface area contributed by atoms with Crippen LogP contribution < -0.4 is 11.1 Å². The molecule has 2 rings (SSSR count). The summed E-state index contributed by atoms with van der Waals surface area (Å²) in [6, 6.07) is 5.36. The molecule has 21 heavy (non-hydrogen) atoms. The van der Waals surface area contributed by atoms with Gasteiger partial charge in [-0.1, -0.05) is 0 Å². The van der Waals surface area contributed by atoms with E-state index in [-0.39, 0.29) is 29.6 Å². The zero-order chi connectivity index (χ0) is 15.4. The van der Waals surface area contributed by atoms with Crippen LogP contribution in [0.4, 0.5) is 10.1 Å². The summed E-state index contributed by atoms with van der Waals surface area (Å²) in [7, 11) is 0. The van der Waals surface area contributed by atoms with Crippen molar-refractivity contribution in [3.8, 4) is 0 Å². The number of nitrogens with one attached hydrogen (secondary N) is 1. The Kier molecular flexibility index (Phi) is 4.90. The van der Waals surface area contributed by atoms with E-state index in [1.165, 1.54) is 24.3 Å². The van der Waals surface area contributed by atoms with E-state index in [1.54, 1.807) is 0 Å². The first kappa shape index (κ1) is 15.4. The maximum absolute atomic E-state index is 12.8. The average molecular weight is 293 g/mol. The number of rotatable bonds is 4. The van der Waals surface area contributed by atoms with Crippen molar-refractivity contribution in [2.45, 2.75) is 25.8 Å². The van der Waals surface area contributed by atoms with Gasteiger partial charge in [-0.15, -0.1) is 0 Å². The van der Waals surface area contributed by atoms with Gasteiger partial charge in [-0.3, -0.25) is 14.5 Å². The van der Waals surface area contributed by atoms with Gasteiger partial charge in [0.1, 0.15) is 5.82 Å². The largest absolute Gasteiger partial charge is 0.369 e. The number of likely N-dealkylation sites (tertiary alicyclic amines) is 1. The predicted octanol–water partition coefficient (Wildman–Crippen LogP) is 1.35. The number of anilines is 1. The summed E-state index contributed by atoms with van der Waals surface area (Å²) in [5, 5.41) is 2.76. The Morgan fingerprint density at radius 3 is 2.38 bits per heavy atom. The molecule has 3 N–H and O–H groups in total. The minimum absolute atomic E-state index is 0.0893. The molecular formula is C15H20FN3O2. The van der Waals surface area contributed by atoms with Gasteiger partial charge in [-0.25, -0.2) is 4.39 Å². The van der Waals surface area contributed by atoms with Crippen molar-refractivity contribution in [3.63, 3.8) is 0 Å². The molecule has 0 bridgehead atoms. The summed E-state index contributed by atoms with van der Waals surface area (Å²) in [6.07, 6.45) is 1.37. The number of carbonyl (C=O) groups excluding carboxylic acids is 2. The molecule has 0 spiro atoms. The lowest BCUT2D eigenvalue weighted by Crippen LogP contribution is -2.47. The van der Waals surface area contributed by atoms with E-state index in [0.717, 1.165) is 0 Å². The molecule has 114 valence electrons. The van der Waals surface area contributed by atoms with Gasteiger partial charge < -0.3 is 11.1 Å². The van der Waals surface area contributed by atoms with Gasteiger partial charge in [0.15, 0.2) is 0 Å². The second-order valence-corrected chi connectivity index (χ2v) is 5.38. The lowest BCUT2D eigenvalue weighted by molar-refractivity contribution is -0.124. The highest BCUT2D eigenvalue weighted by Crippen LogP contribution is 2.19. The van der Waals surface area contributed by atoms with E-state index in [0.29, 0.717) is 31.6 Å². The van der Waals surface area contributed by atoms with E-state index in [9.17, 15) is 14.0 Å². The third-order valence-electron chi connectivity index (χ3n) is 3.97. The highest BCUT2D eigenvalue weighted by molar-refractivity contribution is 5.94. The van der Waals surface area contributed by atoms with Crippen LogP contribution in [-0.4, -0.2) is 35.8 Å². The second-order valence-electron chi connectivity index (χ2n) is 5.38. The Morgan fingerprint density at radius 2 is 1.86 bits per heavy atom. The summed E-state index contributed by atoms with van der Waals surface area (Å²) in [5.74, 6) is -0.833. The smallest absolute Gasteiger partial charge is 0.241 e. The highest BCUT2D eigenvalue weighted by atomic mass is 19.1. The fourth-order valence-corrected chi connectivity index (χ4v) is 2.52. The minimum Gasteiger partial charge on any atom is -0.369 e. The fourth-order valence-electron chi connectivity index (χ4n) is 2.52. The van der Waals surface area contributed by atoms with E-state index in [1.807, 2.05) is 11.8 Å². The van der Waals surface area contributed by atoms with Crippen LogP contribution in [0.2, 0.25) is 0 Å². The van der Waals surface area contributed by atoms with Gasteiger partial charge in [0, 0.05) is 11.6 Å². The fraction of sp³-hybridized carbons (Fsp3) is 0.467. The third kappa shape index (κ3) is 4.01. The number of carbonyl (C=O) groups is 2. The van der Waals surface area contributed by atoms with E-state index < -0.39 is 0 Å². The van der Waals surface area contributed by atoms with Crippen molar-refractivity contribution in [1.29, 1.82) is 0 Å². The summed E-state index contributed by atoms with van der Waals surface area (Å²) >= 11 is 0. The number of primary amides is 1. The van der Waals surface area contributed by atoms with Crippen molar-refractivity contribution in [2.75, 3.05) is 18.4 Å². The molecule has 1 aromatic carbocycles. The molecule has 1 aliphatic heterocycles. The second kappa shape index (κ2) is 6.67. The molecule has 0 unspecified atom stereocenters. The number of nitrogens with two attached hydrogens (primary N) is 1. The number of amides is 2. The Hall–Kier alpha value is -1.95. The number of piperidine rings is 1. The Balaban J connectivity index is 1.88. The molecule has 1 saturated heterocycles. The summed E-state index contributed by atoms with van der Waals surface area (Å²) in [6.45, 7) is 3.17. The van der Waals surface area contributed by atoms with E-state index >= 15 is 0 Å². The molecule has 1 aliphatic rings. The molecule has 1 aromatic rings. The van der Waals surface area contributed by atoms with Crippen molar-refractivity contribution in [3.05, 3.63) is 30.1 Å². The van der Waals surface area contributed by atoms with Gasteiger partial charge in [0.25, 0.3) is 0 Å². The van der Waals surface area contributed by atoms with Crippen molar-refractivity contribution in [1.82, 2.24) is 4.90 Å². The normalized spacial score (nSPS) is 18.2. The van der Waals surface area contributed by atoms with Gasteiger partial charge in [0.2, 0.25) is 11.8 Å². The molecule has 0 radical (unpaired) electrons. The monoisotopic (exact) mass is 293 g/mol. The number of hydrogen-bond donors (Lipinski definition) is 2. The number of benzene rings is 1. The quantitative estimate of drug-likeness (QED) is 0.880. The molecule has 1 atom stereocenters. The minimum atomic E-state index is -0.338. The molecular weight excluding hydrogens is 273 g/mol. The standard InChI is InChI=1S/C15H20FN3O2/c1-10(19-8-6-11(7-9-19)14(17)20)15(21)18-13-4-2-12(16)3-5-13/h2-5,10-11H,6-9H2,1H3,(H2,17,20)(H,18,21)/t10-/m1/s1. The molecule has 0 aromatic heterocycles. The number of halogens is 1. The summed E-state index contributed by atoms with van der Waals surface area (Å²) in [4.78, 5) is 25.3. The first-order chi connectivity index (χ1) is 9.97. The maximum Gasteiger partial charge on any atom is 0.241 e. The van der Waals surface area contributed by atoms with Crippen LogP contribution >= 0.6 is 0 Å². The van der Waals surface area contributed by atoms with Crippen molar-refractivity contribution >= 4 is 17.5 Å². The van der Waals surface area contributed by atoms with Crippen LogP contribution in [0.3, 0.4) is 0 Å². The zero-order valence-corrected chi connectivity index (χ0v) is 12.0. The number of nitrogens with zero attached hydrogens (tertiary/aromatic N) is 1. The Labute approximate surface area is 123 Å². The summed E-state index contributed by atoms with van der Waals surface area (Å²) in [5.41, 5.74) is 5.87. The van der Waals surface area contributed by atoms with Crippen LogP contribution in [0, 0.1) is 11.7 Å². The highest BCUT2D eigenvalue weighted by Gasteiger charge is 2.28. The molecule has 5 nitrogen and oxygen atoms in total. The van der Waals surface area contributed by atoms with Crippen LogP contribution in [0.5, 0.6) is 0 Å².